The van der Waals surface area contributed by atoms with Gasteiger partial charge in [-0.3, -0.25) is 4.90 Å². The maximum absolute atomic E-state index is 5.55. The van der Waals surface area contributed by atoms with Gasteiger partial charge in [-0.15, -0.1) is 0 Å². The summed E-state index contributed by atoms with van der Waals surface area (Å²) in [5, 5.41) is 0. The molecule has 22 heavy (non-hydrogen) atoms. The number of hydrogen-bond acceptors (Lipinski definition) is 4. The van der Waals surface area contributed by atoms with Crippen molar-refractivity contribution in [2.24, 2.45) is 17.8 Å². The fraction of sp³-hybridized carbons (Fsp3) is 1.00. The number of methoxy groups -OCH3 is 2. The molecule has 0 bridgehead atoms. The van der Waals surface area contributed by atoms with Crippen molar-refractivity contribution in [2.75, 3.05) is 48.1 Å². The van der Waals surface area contributed by atoms with Crippen LogP contribution in [0.3, 0.4) is 0 Å². The molecule has 5 atom stereocenters. The molecule has 0 aromatic carbocycles. The van der Waals surface area contributed by atoms with E-state index >= 15 is 0 Å². The summed E-state index contributed by atoms with van der Waals surface area (Å²) in [6, 6.07) is 2.01. The summed E-state index contributed by atoms with van der Waals surface area (Å²) < 4.78 is 11.0. The molecule has 2 aliphatic rings. The van der Waals surface area contributed by atoms with E-state index in [-0.39, 0.29) is 0 Å². The van der Waals surface area contributed by atoms with Crippen molar-refractivity contribution in [3.05, 3.63) is 0 Å². The summed E-state index contributed by atoms with van der Waals surface area (Å²) in [5.74, 6) is 2.13. The molecule has 1 aliphatic carbocycles. The molecule has 4 heteroatoms. The third-order valence-corrected chi connectivity index (χ3v) is 5.93. The van der Waals surface area contributed by atoms with Crippen LogP contribution in [0.25, 0.3) is 0 Å². The topological polar surface area (TPSA) is 24.9 Å². The predicted molar refractivity (Wildman–Crippen MR) is 91.2 cm³/mol. The zero-order valence-electron chi connectivity index (χ0n) is 15.4. The molecular weight excluding hydrogens is 276 g/mol. The highest BCUT2D eigenvalue weighted by Crippen LogP contribution is 2.43. The van der Waals surface area contributed by atoms with Crippen LogP contribution in [0.2, 0.25) is 0 Å². The summed E-state index contributed by atoms with van der Waals surface area (Å²) >= 11 is 0. The average Bonchev–Trinajstić information content (AvgIpc) is 2.44. The molecule has 0 aromatic heterocycles. The van der Waals surface area contributed by atoms with Gasteiger partial charge in [0.25, 0.3) is 0 Å². The Morgan fingerprint density at radius 3 is 2.23 bits per heavy atom. The van der Waals surface area contributed by atoms with Gasteiger partial charge in [-0.25, -0.2) is 0 Å². The van der Waals surface area contributed by atoms with Gasteiger partial charge in [0.05, 0.1) is 6.61 Å². The second-order valence-corrected chi connectivity index (χ2v) is 7.81. The standard InChI is InChI=1S/C18H36N2O2/c1-13(2)20-10-15(12-22-6)18(20)17-9-16(19(3)4)8-7-14(17)11-21-5/h13-18H,7-12H2,1-6H3/t14?,15?,16-,17?,18?/m1/s1. The van der Waals surface area contributed by atoms with Crippen LogP contribution in [0.5, 0.6) is 0 Å². The Morgan fingerprint density at radius 2 is 1.68 bits per heavy atom. The molecule has 2 rings (SSSR count). The lowest BCUT2D eigenvalue weighted by atomic mass is 9.66. The van der Waals surface area contributed by atoms with Crippen LogP contribution in [0.4, 0.5) is 0 Å². The van der Waals surface area contributed by atoms with Crippen LogP contribution >= 0.6 is 0 Å². The first-order chi connectivity index (χ1) is 10.5. The van der Waals surface area contributed by atoms with Gasteiger partial charge in [0.2, 0.25) is 0 Å². The number of nitrogens with zero attached hydrogens (tertiary/aromatic N) is 2. The monoisotopic (exact) mass is 312 g/mol. The van der Waals surface area contributed by atoms with Gasteiger partial charge in [-0.2, -0.15) is 0 Å². The predicted octanol–water partition coefficient (Wildman–Crippen LogP) is 2.33. The number of likely N-dealkylation sites (tertiary alicyclic amines) is 1. The zero-order valence-corrected chi connectivity index (χ0v) is 15.4. The zero-order chi connectivity index (χ0) is 16.3. The quantitative estimate of drug-likeness (QED) is 0.720. The summed E-state index contributed by atoms with van der Waals surface area (Å²) in [5.41, 5.74) is 0. The molecule has 0 spiro atoms. The third-order valence-electron chi connectivity index (χ3n) is 5.93. The Labute approximate surface area is 137 Å². The molecule has 1 heterocycles. The van der Waals surface area contributed by atoms with E-state index in [1.54, 1.807) is 0 Å². The minimum atomic E-state index is 0.626. The smallest absolute Gasteiger partial charge is 0.0517 e. The maximum atomic E-state index is 5.55. The van der Waals surface area contributed by atoms with Crippen LogP contribution in [-0.4, -0.2) is 76.0 Å². The summed E-state index contributed by atoms with van der Waals surface area (Å²) in [6.45, 7) is 7.66. The maximum Gasteiger partial charge on any atom is 0.0517 e. The molecule has 0 radical (unpaired) electrons. The molecule has 130 valence electrons. The largest absolute Gasteiger partial charge is 0.384 e. The molecule has 0 N–H and O–H groups in total. The minimum absolute atomic E-state index is 0.626. The Kier molecular flexibility index (Phi) is 6.69. The fourth-order valence-electron chi connectivity index (χ4n) is 4.70. The Balaban J connectivity index is 2.13. The van der Waals surface area contributed by atoms with Crippen LogP contribution in [0, 0.1) is 17.8 Å². The number of rotatable bonds is 7. The van der Waals surface area contributed by atoms with E-state index < -0.39 is 0 Å². The van der Waals surface area contributed by atoms with E-state index in [9.17, 15) is 0 Å². The minimum Gasteiger partial charge on any atom is -0.384 e. The van der Waals surface area contributed by atoms with Crippen molar-refractivity contribution in [2.45, 2.75) is 51.2 Å². The van der Waals surface area contributed by atoms with Gasteiger partial charge in [0.15, 0.2) is 0 Å². The second kappa shape index (κ2) is 8.09. The molecule has 1 saturated heterocycles. The molecule has 2 fully saturated rings. The molecule has 4 nitrogen and oxygen atoms in total. The molecule has 1 aliphatic heterocycles. The highest BCUT2D eigenvalue weighted by molar-refractivity contribution is 5.01. The first kappa shape index (κ1) is 18.2. The van der Waals surface area contributed by atoms with Gasteiger partial charge < -0.3 is 14.4 Å². The van der Waals surface area contributed by atoms with Gasteiger partial charge in [-0.05, 0) is 59.0 Å². The fourth-order valence-corrected chi connectivity index (χ4v) is 4.70. The number of hydrogen-bond donors (Lipinski definition) is 0. The van der Waals surface area contributed by atoms with E-state index in [4.69, 9.17) is 9.47 Å². The Morgan fingerprint density at radius 1 is 1.05 bits per heavy atom. The van der Waals surface area contributed by atoms with E-state index in [1.807, 2.05) is 14.2 Å². The van der Waals surface area contributed by atoms with E-state index in [0.717, 1.165) is 25.2 Å². The SMILES string of the molecule is COCC1CC[C@@H](N(C)C)CC1C1C(COC)CN1C(C)C. The Hall–Kier alpha value is -0.160. The van der Waals surface area contributed by atoms with Crippen molar-refractivity contribution in [3.8, 4) is 0 Å². The van der Waals surface area contributed by atoms with Gasteiger partial charge >= 0.3 is 0 Å². The van der Waals surface area contributed by atoms with Crippen LogP contribution in [0.15, 0.2) is 0 Å². The second-order valence-electron chi connectivity index (χ2n) is 7.81. The summed E-state index contributed by atoms with van der Waals surface area (Å²) in [7, 11) is 8.14. The van der Waals surface area contributed by atoms with Crippen molar-refractivity contribution >= 4 is 0 Å². The molecular formula is C18H36N2O2. The normalized spacial score (nSPS) is 36.8. The summed E-state index contributed by atoms with van der Waals surface area (Å²) in [6.07, 6.45) is 3.90. The van der Waals surface area contributed by atoms with E-state index in [2.05, 4.69) is 37.7 Å². The molecule has 1 saturated carbocycles. The van der Waals surface area contributed by atoms with Gasteiger partial charge in [0.1, 0.15) is 0 Å². The lowest BCUT2D eigenvalue weighted by Gasteiger charge is -2.57. The van der Waals surface area contributed by atoms with Crippen LogP contribution in [0.1, 0.15) is 33.1 Å². The molecule has 4 unspecified atom stereocenters. The third kappa shape index (κ3) is 3.84. The first-order valence-corrected chi connectivity index (χ1v) is 8.89. The van der Waals surface area contributed by atoms with Gasteiger partial charge in [0, 0.05) is 51.4 Å². The van der Waals surface area contributed by atoms with Crippen molar-refractivity contribution in [1.29, 1.82) is 0 Å². The highest BCUT2D eigenvalue weighted by Gasteiger charge is 2.48. The van der Waals surface area contributed by atoms with Crippen molar-refractivity contribution in [3.63, 3.8) is 0 Å². The van der Waals surface area contributed by atoms with Crippen molar-refractivity contribution < 1.29 is 9.47 Å². The molecule has 0 aromatic rings. The lowest BCUT2D eigenvalue weighted by Crippen LogP contribution is -2.65. The van der Waals surface area contributed by atoms with E-state index in [1.165, 1.54) is 25.8 Å². The summed E-state index contributed by atoms with van der Waals surface area (Å²) in [4.78, 5) is 5.11. The number of ether oxygens (including phenoxy) is 2. The van der Waals surface area contributed by atoms with Crippen LogP contribution < -0.4 is 0 Å². The average molecular weight is 312 g/mol. The Bertz CT molecular complexity index is 335. The lowest BCUT2D eigenvalue weighted by molar-refractivity contribution is -0.107. The van der Waals surface area contributed by atoms with Crippen molar-refractivity contribution in [1.82, 2.24) is 9.80 Å². The molecule has 0 amide bonds. The van der Waals surface area contributed by atoms with Gasteiger partial charge in [-0.1, -0.05) is 0 Å². The van der Waals surface area contributed by atoms with E-state index in [0.29, 0.717) is 23.9 Å². The first-order valence-electron chi connectivity index (χ1n) is 8.89. The van der Waals surface area contributed by atoms with Crippen LogP contribution in [-0.2, 0) is 9.47 Å². The highest BCUT2D eigenvalue weighted by atomic mass is 16.5.